The van der Waals surface area contributed by atoms with E-state index < -0.39 is 0 Å². The largest absolute Gasteiger partial charge is 0.496 e. The minimum absolute atomic E-state index is 0.122. The fourth-order valence-corrected chi connectivity index (χ4v) is 4.59. The van der Waals surface area contributed by atoms with E-state index in [0.29, 0.717) is 16.6 Å². The van der Waals surface area contributed by atoms with Crippen molar-refractivity contribution < 1.29 is 18.7 Å². The van der Waals surface area contributed by atoms with Crippen LogP contribution in [0.2, 0.25) is 0 Å². The Hall–Kier alpha value is -3.13. The lowest BCUT2D eigenvalue weighted by Crippen LogP contribution is -2.20. The topological polar surface area (TPSA) is 93.5 Å². The summed E-state index contributed by atoms with van der Waals surface area (Å²) in [5.41, 5.74) is 4.37. The molecule has 0 aliphatic heterocycles. The molecule has 0 spiro atoms. The van der Waals surface area contributed by atoms with Crippen LogP contribution in [-0.4, -0.2) is 31.0 Å². The van der Waals surface area contributed by atoms with Crippen LogP contribution in [0.3, 0.4) is 0 Å². The van der Waals surface area contributed by atoms with E-state index >= 15 is 0 Å². The first-order chi connectivity index (χ1) is 15.0. The van der Waals surface area contributed by atoms with Gasteiger partial charge in [-0.15, -0.1) is 11.3 Å². The van der Waals surface area contributed by atoms with Crippen molar-refractivity contribution in [3.05, 3.63) is 46.2 Å². The molecule has 0 bridgehead atoms. The maximum atomic E-state index is 12.6. The van der Waals surface area contributed by atoms with Gasteiger partial charge in [0.15, 0.2) is 5.13 Å². The van der Waals surface area contributed by atoms with Crippen molar-refractivity contribution in [1.82, 2.24) is 10.3 Å². The molecule has 1 aliphatic rings. The van der Waals surface area contributed by atoms with Gasteiger partial charge < -0.3 is 14.5 Å². The molecule has 2 heterocycles. The number of fused-ring (bicyclic) bond motifs is 3. The first kappa shape index (κ1) is 21.1. The Balaban J connectivity index is 1.57. The number of aryl methyl sites for hydroxylation is 2. The summed E-state index contributed by atoms with van der Waals surface area (Å²) in [4.78, 5) is 28.3. The van der Waals surface area contributed by atoms with Gasteiger partial charge in [0.25, 0.3) is 0 Å². The van der Waals surface area contributed by atoms with Crippen LogP contribution >= 0.6 is 11.3 Å². The number of anilines is 1. The van der Waals surface area contributed by atoms with E-state index in [1.807, 2.05) is 13.0 Å². The van der Waals surface area contributed by atoms with Crippen LogP contribution in [0.25, 0.3) is 16.5 Å². The van der Waals surface area contributed by atoms with Crippen molar-refractivity contribution >= 4 is 44.8 Å². The molecule has 0 fully saturated rings. The van der Waals surface area contributed by atoms with E-state index in [4.69, 9.17) is 9.15 Å². The van der Waals surface area contributed by atoms with Gasteiger partial charge in [-0.3, -0.25) is 14.9 Å². The highest BCUT2D eigenvalue weighted by molar-refractivity contribution is 7.14. The highest BCUT2D eigenvalue weighted by Gasteiger charge is 2.20. The van der Waals surface area contributed by atoms with Crippen molar-refractivity contribution in [2.24, 2.45) is 0 Å². The van der Waals surface area contributed by atoms with Crippen LogP contribution in [0, 0.1) is 0 Å². The summed E-state index contributed by atoms with van der Waals surface area (Å²) in [7, 11) is 3.19. The number of rotatable bonds is 6. The Morgan fingerprint density at radius 1 is 1.29 bits per heavy atom. The summed E-state index contributed by atoms with van der Waals surface area (Å²) in [6, 6.07) is 3.97. The fourth-order valence-electron chi connectivity index (χ4n) is 3.88. The van der Waals surface area contributed by atoms with Crippen LogP contribution in [0.15, 0.2) is 28.0 Å². The van der Waals surface area contributed by atoms with Crippen molar-refractivity contribution in [2.75, 3.05) is 19.5 Å². The zero-order chi connectivity index (χ0) is 22.0. The van der Waals surface area contributed by atoms with Crippen molar-refractivity contribution in [3.8, 4) is 5.75 Å². The number of nitrogens with zero attached hydrogens (tertiary/aromatic N) is 1. The average molecular weight is 440 g/mol. The number of amides is 2. The molecule has 4 rings (SSSR count). The van der Waals surface area contributed by atoms with Gasteiger partial charge in [0.2, 0.25) is 11.8 Å². The molecule has 0 atom stereocenters. The van der Waals surface area contributed by atoms with Gasteiger partial charge in [-0.2, -0.15) is 0 Å². The number of hydrogen-bond donors (Lipinski definition) is 2. The number of methoxy groups -OCH3 is 1. The minimum atomic E-state index is -0.283. The van der Waals surface area contributed by atoms with Crippen LogP contribution in [0.4, 0.5) is 5.13 Å². The average Bonchev–Trinajstić information content (AvgIpc) is 3.35. The SMILES string of the molecule is CNC(=O)Cc1csc(NC(=O)/C=C(\C)c2cc3c4c(oc3cc2OC)CCCC4)n1. The quantitative estimate of drug-likeness (QED) is 0.564. The second-order valence-corrected chi connectivity index (χ2v) is 8.43. The van der Waals surface area contributed by atoms with E-state index in [1.165, 1.54) is 23.0 Å². The third kappa shape index (κ3) is 4.49. The third-order valence-corrected chi connectivity index (χ3v) is 6.26. The van der Waals surface area contributed by atoms with E-state index in [1.54, 1.807) is 19.5 Å². The molecule has 3 aromatic rings. The van der Waals surface area contributed by atoms with E-state index in [9.17, 15) is 9.59 Å². The minimum Gasteiger partial charge on any atom is -0.496 e. The molecule has 0 saturated heterocycles. The molecule has 0 radical (unpaired) electrons. The molecule has 2 aromatic heterocycles. The van der Waals surface area contributed by atoms with Gasteiger partial charge in [-0.25, -0.2) is 4.98 Å². The molecular formula is C23H25N3O4S. The Labute approximate surface area is 184 Å². The van der Waals surface area contributed by atoms with Crippen molar-refractivity contribution in [3.63, 3.8) is 0 Å². The number of hydrogen-bond acceptors (Lipinski definition) is 6. The number of aromatic nitrogens is 1. The van der Waals surface area contributed by atoms with Gasteiger partial charge in [0.1, 0.15) is 17.1 Å². The first-order valence-electron chi connectivity index (χ1n) is 10.3. The maximum absolute atomic E-state index is 12.6. The van der Waals surface area contributed by atoms with Gasteiger partial charge in [-0.1, -0.05) is 0 Å². The highest BCUT2D eigenvalue weighted by Crippen LogP contribution is 2.37. The lowest BCUT2D eigenvalue weighted by Gasteiger charge is -2.11. The summed E-state index contributed by atoms with van der Waals surface area (Å²) in [6.45, 7) is 1.88. The van der Waals surface area contributed by atoms with E-state index in [2.05, 4.69) is 21.7 Å². The summed E-state index contributed by atoms with van der Waals surface area (Å²) in [5, 5.41) is 8.65. The van der Waals surface area contributed by atoms with Crippen molar-refractivity contribution in [1.29, 1.82) is 0 Å². The monoisotopic (exact) mass is 439 g/mol. The standard InChI is InChI=1S/C23H25N3O4S/c1-13(8-22(28)26-23-25-14(12-31-23)9-21(27)24-2)16-10-17-15-6-4-5-7-18(15)30-20(17)11-19(16)29-3/h8,10-12H,4-7,9H2,1-3H3,(H,24,27)(H,25,26,28)/b13-8+. The van der Waals surface area contributed by atoms with Gasteiger partial charge in [0, 0.05) is 47.5 Å². The maximum Gasteiger partial charge on any atom is 0.250 e. The second kappa shape index (κ2) is 8.93. The Morgan fingerprint density at radius 3 is 2.87 bits per heavy atom. The lowest BCUT2D eigenvalue weighted by molar-refractivity contribution is -0.120. The van der Waals surface area contributed by atoms with Crippen LogP contribution in [0.5, 0.6) is 5.75 Å². The molecule has 2 N–H and O–H groups in total. The van der Waals surface area contributed by atoms with Crippen molar-refractivity contribution in [2.45, 2.75) is 39.0 Å². The van der Waals surface area contributed by atoms with Crippen LogP contribution < -0.4 is 15.4 Å². The van der Waals surface area contributed by atoms with Gasteiger partial charge >= 0.3 is 0 Å². The second-order valence-electron chi connectivity index (χ2n) is 7.57. The number of carbonyl (C=O) groups excluding carboxylic acids is 2. The zero-order valence-corrected chi connectivity index (χ0v) is 18.6. The molecular weight excluding hydrogens is 414 g/mol. The fraction of sp³-hybridized carbons (Fsp3) is 0.348. The smallest absolute Gasteiger partial charge is 0.250 e. The molecule has 162 valence electrons. The number of likely N-dealkylation sites (N-methyl/N-ethyl adjacent to an activating group) is 1. The Morgan fingerprint density at radius 2 is 2.10 bits per heavy atom. The summed E-state index contributed by atoms with van der Waals surface area (Å²) >= 11 is 1.29. The number of nitrogens with one attached hydrogen (secondary N) is 2. The normalized spacial score (nSPS) is 13.7. The summed E-state index contributed by atoms with van der Waals surface area (Å²) in [5.74, 6) is 1.33. The first-order valence-corrected chi connectivity index (χ1v) is 11.1. The molecule has 0 unspecified atom stereocenters. The molecule has 2 amide bonds. The van der Waals surface area contributed by atoms with E-state index in [-0.39, 0.29) is 18.2 Å². The molecule has 0 saturated carbocycles. The Kier molecular flexibility index (Phi) is 6.08. The molecule has 7 nitrogen and oxygen atoms in total. The predicted octanol–water partition coefficient (Wildman–Crippen LogP) is 4.11. The molecule has 31 heavy (non-hydrogen) atoms. The van der Waals surface area contributed by atoms with Gasteiger partial charge in [-0.05, 0) is 37.8 Å². The summed E-state index contributed by atoms with van der Waals surface area (Å²) < 4.78 is 11.6. The number of furan rings is 1. The number of carbonyl (C=O) groups is 2. The lowest BCUT2D eigenvalue weighted by atomic mass is 9.94. The number of benzene rings is 1. The van der Waals surface area contributed by atoms with Crippen LogP contribution in [-0.2, 0) is 28.9 Å². The third-order valence-electron chi connectivity index (χ3n) is 5.45. The predicted molar refractivity (Wildman–Crippen MR) is 122 cm³/mol. The molecule has 8 heteroatoms. The van der Waals surface area contributed by atoms with E-state index in [0.717, 1.165) is 53.5 Å². The number of thiazole rings is 1. The highest BCUT2D eigenvalue weighted by atomic mass is 32.1. The Bertz CT molecular complexity index is 1180. The summed E-state index contributed by atoms with van der Waals surface area (Å²) in [6.07, 6.45) is 6.02. The number of ether oxygens (including phenoxy) is 1. The molecule has 1 aliphatic carbocycles. The zero-order valence-electron chi connectivity index (χ0n) is 17.8. The number of allylic oxidation sites excluding steroid dienone is 1. The molecule has 1 aromatic carbocycles. The van der Waals surface area contributed by atoms with Crippen LogP contribution in [0.1, 0.15) is 42.3 Å². The van der Waals surface area contributed by atoms with Gasteiger partial charge in [0.05, 0.1) is 19.2 Å².